The maximum atomic E-state index is 9.68. The van der Waals surface area contributed by atoms with Gasteiger partial charge in [-0.15, -0.1) is 0 Å². The van der Waals surface area contributed by atoms with Crippen molar-refractivity contribution in [3.8, 4) is 11.2 Å². The van der Waals surface area contributed by atoms with Crippen LogP contribution in [0, 0.1) is 24.5 Å². The quantitative estimate of drug-likeness (QED) is 0.649. The number of phenols is 1. The number of anilines is 2. The molecule has 0 saturated heterocycles. The normalized spacial score (nSPS) is 18.6. The second-order valence-electron chi connectivity index (χ2n) is 6.26. The van der Waals surface area contributed by atoms with E-state index in [2.05, 4.69) is 27.6 Å². The third kappa shape index (κ3) is 2.52. The highest BCUT2D eigenvalue weighted by atomic mass is 32.2. The molecule has 130 valence electrons. The number of nitriles is 1. The first-order chi connectivity index (χ1) is 12.6. The molecule has 2 unspecified atom stereocenters. The van der Waals surface area contributed by atoms with Gasteiger partial charge in [-0.25, -0.2) is 0 Å². The maximum Gasteiger partial charge on any atom is 0.139 e. The van der Waals surface area contributed by atoms with Gasteiger partial charge in [0, 0.05) is 16.9 Å². The molecule has 2 atom stereocenters. The second-order valence-corrected chi connectivity index (χ2v) is 7.18. The van der Waals surface area contributed by atoms with Crippen LogP contribution in [0.1, 0.15) is 33.9 Å². The Morgan fingerprint density at radius 1 is 1.15 bits per heavy atom. The molecule has 0 fully saturated rings. The Balaban J connectivity index is 1.95. The summed E-state index contributed by atoms with van der Waals surface area (Å²) in [5.74, 6) is 0.977. The minimum Gasteiger partial charge on any atom is -0.508 e. The number of para-hydroxylation sites is 1. The van der Waals surface area contributed by atoms with Gasteiger partial charge in [0.05, 0.1) is 17.0 Å². The molecule has 6 heteroatoms. The molecule has 0 saturated carbocycles. The van der Waals surface area contributed by atoms with Crippen LogP contribution in [-0.4, -0.2) is 10.3 Å². The van der Waals surface area contributed by atoms with Gasteiger partial charge in [-0.1, -0.05) is 23.4 Å². The lowest BCUT2D eigenvalue weighted by Crippen LogP contribution is -2.22. The Labute approximate surface area is 155 Å². The molecule has 0 radical (unpaired) electrons. The molecule has 2 aromatic carbocycles. The summed E-state index contributed by atoms with van der Waals surface area (Å²) in [5.41, 5.74) is 4.93. The Bertz CT molecular complexity index is 972. The van der Waals surface area contributed by atoms with Crippen LogP contribution in [0.2, 0.25) is 0 Å². The van der Waals surface area contributed by atoms with Crippen LogP contribution in [0.25, 0.3) is 0 Å². The van der Waals surface area contributed by atoms with Crippen LogP contribution in [0.3, 0.4) is 0 Å². The third-order valence-corrected chi connectivity index (χ3v) is 5.63. The molecule has 1 N–H and O–H groups in total. The number of rotatable bonds is 3. The number of thiocyanates is 1. The second kappa shape index (κ2) is 6.43. The number of fused-ring (bicyclic) bond motifs is 1. The van der Waals surface area contributed by atoms with Gasteiger partial charge in [0.25, 0.3) is 0 Å². The molecular weight excluding hydrogens is 346 g/mol. The van der Waals surface area contributed by atoms with Crippen LogP contribution in [0.4, 0.5) is 11.4 Å². The number of aromatic nitrogens is 1. The fourth-order valence-corrected chi connectivity index (χ4v) is 4.52. The number of hydrogen-bond acceptors (Lipinski definition) is 6. The van der Waals surface area contributed by atoms with Crippen LogP contribution in [0.5, 0.6) is 5.75 Å². The third-order valence-electron chi connectivity index (χ3n) is 4.76. The Morgan fingerprint density at radius 3 is 2.54 bits per heavy atom. The first-order valence-corrected chi connectivity index (χ1v) is 9.14. The number of aryl methyl sites for hydroxylation is 2. The zero-order chi connectivity index (χ0) is 18.3. The van der Waals surface area contributed by atoms with E-state index in [-0.39, 0.29) is 17.0 Å². The van der Waals surface area contributed by atoms with Crippen molar-refractivity contribution in [1.82, 2.24) is 5.16 Å². The van der Waals surface area contributed by atoms with Crippen molar-refractivity contribution in [1.29, 1.82) is 5.26 Å². The molecule has 1 aliphatic heterocycles. The lowest BCUT2D eigenvalue weighted by Gasteiger charge is -2.29. The maximum absolute atomic E-state index is 9.68. The van der Waals surface area contributed by atoms with Gasteiger partial charge in [-0.3, -0.25) is 0 Å². The highest BCUT2D eigenvalue weighted by Gasteiger charge is 2.43. The molecule has 0 spiro atoms. The fourth-order valence-electron chi connectivity index (χ4n) is 3.69. The van der Waals surface area contributed by atoms with Crippen LogP contribution in [0.15, 0.2) is 53.1 Å². The molecule has 3 aromatic rings. The number of phenolic OH excluding ortho intramolecular Hbond substituents is 1. The molecule has 0 bridgehead atoms. The predicted octanol–water partition coefficient (Wildman–Crippen LogP) is 5.15. The summed E-state index contributed by atoms with van der Waals surface area (Å²) in [4.78, 5) is 2.20. The zero-order valence-corrected chi connectivity index (χ0v) is 15.2. The molecule has 5 nitrogen and oxygen atoms in total. The summed E-state index contributed by atoms with van der Waals surface area (Å²) in [6.07, 6.45) is 0. The summed E-state index contributed by atoms with van der Waals surface area (Å²) in [6, 6.07) is 15.1. The minimum absolute atomic E-state index is 0.0678. The van der Waals surface area contributed by atoms with Gasteiger partial charge in [-0.2, -0.15) is 5.26 Å². The van der Waals surface area contributed by atoms with Gasteiger partial charge >= 0.3 is 0 Å². The van der Waals surface area contributed by atoms with Crippen molar-refractivity contribution in [2.75, 3.05) is 4.90 Å². The molecule has 0 aliphatic carbocycles. The lowest BCUT2D eigenvalue weighted by atomic mass is 10.00. The predicted molar refractivity (Wildman–Crippen MR) is 101 cm³/mol. The summed E-state index contributed by atoms with van der Waals surface area (Å²) in [6.45, 7) is 3.83. The number of benzene rings is 2. The van der Waals surface area contributed by atoms with Crippen molar-refractivity contribution in [3.63, 3.8) is 0 Å². The fraction of sp³-hybridized carbons (Fsp3) is 0.200. The first kappa shape index (κ1) is 16.6. The molecule has 1 aliphatic rings. The van der Waals surface area contributed by atoms with Gasteiger partial charge in [-0.05, 0) is 61.5 Å². The molecule has 2 heterocycles. The SMILES string of the molecule is Cc1noc(C)c1C1C(SC#N)c2ccccc2N1c1ccc(O)cc1. The minimum atomic E-state index is -0.118. The van der Waals surface area contributed by atoms with E-state index in [9.17, 15) is 10.4 Å². The molecule has 1 aromatic heterocycles. The highest BCUT2D eigenvalue weighted by Crippen LogP contribution is 2.57. The van der Waals surface area contributed by atoms with Crippen molar-refractivity contribution in [3.05, 3.63) is 71.1 Å². The van der Waals surface area contributed by atoms with Crippen molar-refractivity contribution >= 4 is 23.1 Å². The van der Waals surface area contributed by atoms with Gasteiger partial charge < -0.3 is 14.5 Å². The average Bonchev–Trinajstić information content (AvgIpc) is 3.13. The average molecular weight is 363 g/mol. The standard InChI is InChI=1S/C20H17N3O2S/c1-12-18(13(2)25-22-12)19-20(26-11-21)16-5-3-4-6-17(16)23(19)14-7-9-15(24)10-8-14/h3-10,19-20,24H,1-2H3. The van der Waals surface area contributed by atoms with Gasteiger partial charge in [0.1, 0.15) is 16.9 Å². The van der Waals surface area contributed by atoms with E-state index < -0.39 is 0 Å². The first-order valence-electron chi connectivity index (χ1n) is 8.26. The van der Waals surface area contributed by atoms with E-state index in [1.807, 2.05) is 38.1 Å². The smallest absolute Gasteiger partial charge is 0.139 e. The number of nitrogens with zero attached hydrogens (tertiary/aromatic N) is 3. The monoisotopic (exact) mass is 363 g/mol. The number of thioether (sulfide) groups is 1. The Morgan fingerprint density at radius 2 is 1.88 bits per heavy atom. The Hall–Kier alpha value is -2.91. The van der Waals surface area contributed by atoms with E-state index in [1.54, 1.807) is 12.1 Å². The lowest BCUT2D eigenvalue weighted by molar-refractivity contribution is 0.391. The van der Waals surface area contributed by atoms with E-state index >= 15 is 0 Å². The Kier molecular flexibility index (Phi) is 4.09. The van der Waals surface area contributed by atoms with E-state index in [0.717, 1.165) is 34.0 Å². The summed E-state index contributed by atoms with van der Waals surface area (Å²) >= 11 is 1.25. The van der Waals surface area contributed by atoms with E-state index in [0.29, 0.717) is 0 Å². The molecular formula is C20H17N3O2S. The van der Waals surface area contributed by atoms with Crippen molar-refractivity contribution in [2.24, 2.45) is 0 Å². The van der Waals surface area contributed by atoms with Crippen LogP contribution < -0.4 is 4.90 Å². The molecule has 4 rings (SSSR count). The van der Waals surface area contributed by atoms with Crippen molar-refractivity contribution in [2.45, 2.75) is 25.1 Å². The topological polar surface area (TPSA) is 73.3 Å². The molecule has 0 amide bonds. The summed E-state index contributed by atoms with van der Waals surface area (Å²) in [7, 11) is 0. The number of aromatic hydroxyl groups is 1. The van der Waals surface area contributed by atoms with E-state index in [1.165, 1.54) is 11.8 Å². The largest absolute Gasteiger partial charge is 0.508 e. The van der Waals surface area contributed by atoms with E-state index in [4.69, 9.17) is 4.52 Å². The van der Waals surface area contributed by atoms with Gasteiger partial charge in [0.15, 0.2) is 0 Å². The molecule has 26 heavy (non-hydrogen) atoms. The highest BCUT2D eigenvalue weighted by molar-refractivity contribution is 8.04. The number of hydrogen-bond donors (Lipinski definition) is 1. The summed E-state index contributed by atoms with van der Waals surface area (Å²) < 4.78 is 5.43. The van der Waals surface area contributed by atoms with Crippen LogP contribution in [-0.2, 0) is 0 Å². The van der Waals surface area contributed by atoms with Crippen molar-refractivity contribution < 1.29 is 9.63 Å². The summed E-state index contributed by atoms with van der Waals surface area (Å²) in [5, 5.41) is 25.4. The zero-order valence-electron chi connectivity index (χ0n) is 14.4. The van der Waals surface area contributed by atoms with Crippen LogP contribution >= 0.6 is 11.8 Å². The van der Waals surface area contributed by atoms with Gasteiger partial charge in [0.2, 0.25) is 0 Å².